The summed E-state index contributed by atoms with van der Waals surface area (Å²) in [5.41, 5.74) is -0.371. The second kappa shape index (κ2) is 7.68. The molecule has 3 saturated carbocycles. The monoisotopic (exact) mass is 442 g/mol. The largest absolute Gasteiger partial charge is 0.393 e. The van der Waals surface area contributed by atoms with E-state index >= 15 is 0 Å². The Hall–Kier alpha value is -0.640. The molecule has 0 radical (unpaired) electrons. The van der Waals surface area contributed by atoms with Gasteiger partial charge in [0.1, 0.15) is 11.2 Å². The summed E-state index contributed by atoms with van der Waals surface area (Å²) in [7, 11) is 0. The Morgan fingerprint density at radius 3 is 2.41 bits per heavy atom. The van der Waals surface area contributed by atoms with Crippen LogP contribution in [0, 0.1) is 46.3 Å². The van der Waals surface area contributed by atoms with Crippen molar-refractivity contribution in [2.45, 2.75) is 110 Å². The lowest BCUT2D eigenvalue weighted by molar-refractivity contribution is -0.497. The summed E-state index contributed by atoms with van der Waals surface area (Å²) in [6.45, 7) is 14.4. The maximum absolute atomic E-state index is 10.4. The van der Waals surface area contributed by atoms with E-state index in [2.05, 4.69) is 65.8 Å². The molecule has 2 spiro atoms. The van der Waals surface area contributed by atoms with E-state index in [9.17, 15) is 5.11 Å². The molecule has 180 valence electrons. The number of hydrogen-bond donors (Lipinski definition) is 1. The highest BCUT2D eigenvalue weighted by Crippen LogP contribution is 2.72. The van der Waals surface area contributed by atoms with E-state index in [0.717, 1.165) is 12.8 Å². The molecule has 1 saturated heterocycles. The molecule has 4 unspecified atom stereocenters. The topological polar surface area (TPSA) is 38.7 Å². The van der Waals surface area contributed by atoms with Gasteiger partial charge in [-0.05, 0) is 80.1 Å². The van der Waals surface area contributed by atoms with Crippen LogP contribution >= 0.6 is 0 Å². The molecule has 3 heteroatoms. The molecule has 4 aliphatic carbocycles. The number of aliphatic hydroxyl groups excluding tert-OH is 1. The third kappa shape index (κ3) is 2.96. The highest BCUT2D eigenvalue weighted by Gasteiger charge is 2.74. The summed E-state index contributed by atoms with van der Waals surface area (Å²) in [6.07, 6.45) is 18.3. The van der Waals surface area contributed by atoms with Crippen LogP contribution in [0.5, 0.6) is 0 Å². The normalized spacial score (nSPS) is 51.5. The first kappa shape index (κ1) is 23.1. The Morgan fingerprint density at radius 1 is 0.969 bits per heavy atom. The van der Waals surface area contributed by atoms with Crippen molar-refractivity contribution in [1.29, 1.82) is 0 Å². The van der Waals surface area contributed by atoms with Gasteiger partial charge in [0, 0.05) is 23.7 Å². The Morgan fingerprint density at radius 2 is 1.75 bits per heavy atom. The predicted octanol–water partition coefficient (Wildman–Crippen LogP) is 6.86. The number of hydrogen-bond acceptors (Lipinski definition) is 3. The fraction of sp³-hybridized carbons (Fsp3) is 0.862. The summed E-state index contributed by atoms with van der Waals surface area (Å²) in [5.74, 6) is 3.70. The van der Waals surface area contributed by atoms with E-state index in [1.807, 2.05) is 0 Å². The Bertz CT molecular complexity index is 787. The Balaban J connectivity index is 1.44. The van der Waals surface area contributed by atoms with Crippen molar-refractivity contribution in [3.63, 3.8) is 0 Å². The van der Waals surface area contributed by atoms with E-state index in [1.165, 1.54) is 32.1 Å². The quantitative estimate of drug-likeness (QED) is 0.373. The van der Waals surface area contributed by atoms with Crippen LogP contribution in [0.15, 0.2) is 24.3 Å². The van der Waals surface area contributed by atoms with Gasteiger partial charge < -0.3 is 5.11 Å². The summed E-state index contributed by atoms with van der Waals surface area (Å²) < 4.78 is 0. The van der Waals surface area contributed by atoms with E-state index in [4.69, 9.17) is 9.78 Å². The molecule has 2 heterocycles. The number of aliphatic hydroxyl groups is 1. The van der Waals surface area contributed by atoms with Gasteiger partial charge >= 0.3 is 0 Å². The smallest absolute Gasteiger partial charge is 0.130 e. The molecule has 0 aromatic carbocycles. The van der Waals surface area contributed by atoms with Crippen LogP contribution in [-0.4, -0.2) is 22.4 Å². The zero-order valence-corrected chi connectivity index (χ0v) is 21.3. The minimum atomic E-state index is -0.440. The molecule has 2 aliphatic heterocycles. The maximum Gasteiger partial charge on any atom is 0.130 e. The molecule has 3 nitrogen and oxygen atoms in total. The van der Waals surface area contributed by atoms with E-state index < -0.39 is 5.60 Å². The predicted molar refractivity (Wildman–Crippen MR) is 129 cm³/mol. The fourth-order valence-corrected chi connectivity index (χ4v) is 9.29. The van der Waals surface area contributed by atoms with Crippen molar-refractivity contribution in [3.8, 4) is 0 Å². The molecule has 10 atom stereocenters. The van der Waals surface area contributed by atoms with Gasteiger partial charge in [0.25, 0.3) is 0 Å². The van der Waals surface area contributed by atoms with Gasteiger partial charge in [-0.15, -0.1) is 0 Å². The average Bonchev–Trinajstić information content (AvgIpc) is 3.12. The first-order valence-corrected chi connectivity index (χ1v) is 13.6. The van der Waals surface area contributed by atoms with Gasteiger partial charge in [0.2, 0.25) is 0 Å². The summed E-state index contributed by atoms with van der Waals surface area (Å²) in [4.78, 5) is 12.8. The molecule has 2 bridgehead atoms. The van der Waals surface area contributed by atoms with Crippen LogP contribution in [0.2, 0.25) is 0 Å². The lowest BCUT2D eigenvalue weighted by atomic mass is 9.43. The Kier molecular flexibility index (Phi) is 5.55. The lowest BCUT2D eigenvalue weighted by Crippen LogP contribution is -2.73. The zero-order valence-electron chi connectivity index (χ0n) is 21.3. The molecule has 1 N–H and O–H groups in total. The molecular formula is C29H46O3. The van der Waals surface area contributed by atoms with Crippen LogP contribution in [0.3, 0.4) is 0 Å². The second-order valence-electron chi connectivity index (χ2n) is 13.0. The van der Waals surface area contributed by atoms with Crippen LogP contribution in [0.25, 0.3) is 0 Å². The molecule has 0 aromatic rings. The van der Waals surface area contributed by atoms with Gasteiger partial charge in [-0.3, -0.25) is 0 Å². The van der Waals surface area contributed by atoms with Gasteiger partial charge in [0.15, 0.2) is 0 Å². The number of rotatable bonds is 5. The molecule has 4 fully saturated rings. The van der Waals surface area contributed by atoms with Crippen LogP contribution in [-0.2, 0) is 9.78 Å². The van der Waals surface area contributed by atoms with Crippen LogP contribution in [0.1, 0.15) is 92.9 Å². The van der Waals surface area contributed by atoms with Crippen LogP contribution in [0.4, 0.5) is 0 Å². The van der Waals surface area contributed by atoms with Crippen molar-refractivity contribution in [3.05, 3.63) is 24.3 Å². The van der Waals surface area contributed by atoms with Crippen molar-refractivity contribution < 1.29 is 14.9 Å². The molecule has 32 heavy (non-hydrogen) atoms. The minimum absolute atomic E-state index is 0.0653. The van der Waals surface area contributed by atoms with Crippen molar-refractivity contribution >= 4 is 0 Å². The molecule has 6 aliphatic rings. The summed E-state index contributed by atoms with van der Waals surface area (Å²) in [6, 6.07) is 0. The molecule has 0 amide bonds. The zero-order chi connectivity index (χ0) is 22.9. The Labute approximate surface area is 195 Å². The van der Waals surface area contributed by atoms with Crippen molar-refractivity contribution in [1.82, 2.24) is 0 Å². The fourth-order valence-electron chi connectivity index (χ4n) is 9.29. The van der Waals surface area contributed by atoms with Gasteiger partial charge in [-0.2, -0.15) is 0 Å². The number of allylic oxidation sites excluding steroid dienone is 2. The van der Waals surface area contributed by atoms with E-state index in [1.54, 1.807) is 0 Å². The lowest BCUT2D eigenvalue weighted by Gasteiger charge is -2.69. The van der Waals surface area contributed by atoms with E-state index in [0.29, 0.717) is 41.9 Å². The standard InChI is InChI=1S/C29H46O3/c1-7-21(19(2)3)9-8-20(4)23-10-11-24-26(23,5)14-13-25-27(6)15-12-22(30)18-28(27)16-17-29(24,25)32-31-28/h8-9,16-17,19-25,30H,7,10-15,18H2,1-6H3/b9-8+/t20-,21?,22+,23?,24?,25?,26-,27-,28-,29+/m1/s1. The third-order valence-electron chi connectivity index (χ3n) is 11.3. The third-order valence-corrected chi connectivity index (χ3v) is 11.3. The summed E-state index contributed by atoms with van der Waals surface area (Å²) in [5, 5.41) is 10.4. The van der Waals surface area contributed by atoms with E-state index in [-0.39, 0.29) is 22.5 Å². The first-order valence-electron chi connectivity index (χ1n) is 13.6. The maximum atomic E-state index is 10.4. The highest BCUT2D eigenvalue weighted by molar-refractivity contribution is 5.33. The van der Waals surface area contributed by atoms with Gasteiger partial charge in [0.05, 0.1) is 6.10 Å². The molecule has 0 aromatic heterocycles. The minimum Gasteiger partial charge on any atom is -0.393 e. The number of fused-ring (bicyclic) bond motifs is 2. The van der Waals surface area contributed by atoms with Gasteiger partial charge in [-0.1, -0.05) is 59.8 Å². The SMILES string of the molecule is CCC(/C=C/[C@@H](C)C1CCC2[C@]1(C)CCC1[C@]23C=C[C@]2(C[C@@H](O)CC[C@]12C)OO3)C(C)C. The van der Waals surface area contributed by atoms with Crippen LogP contribution < -0.4 is 0 Å². The second-order valence-corrected chi connectivity index (χ2v) is 13.0. The molecule has 6 rings (SSSR count). The molecular weight excluding hydrogens is 396 g/mol. The van der Waals surface area contributed by atoms with Crippen molar-refractivity contribution in [2.24, 2.45) is 46.3 Å². The summed E-state index contributed by atoms with van der Waals surface area (Å²) >= 11 is 0. The average molecular weight is 443 g/mol. The highest BCUT2D eigenvalue weighted by atomic mass is 17.2. The first-order chi connectivity index (χ1) is 15.1. The van der Waals surface area contributed by atoms with Crippen molar-refractivity contribution in [2.75, 3.05) is 0 Å². The van der Waals surface area contributed by atoms with Gasteiger partial charge in [-0.25, -0.2) is 9.78 Å².